The smallest absolute Gasteiger partial charge is 0.339 e. The number of anilines is 1. The molecule has 0 aliphatic carbocycles. The fourth-order valence-corrected chi connectivity index (χ4v) is 4.52. The molecule has 0 fully saturated rings. The van der Waals surface area contributed by atoms with Crippen molar-refractivity contribution in [2.75, 3.05) is 5.32 Å². The van der Waals surface area contributed by atoms with Crippen molar-refractivity contribution in [2.45, 2.75) is 31.8 Å². The van der Waals surface area contributed by atoms with E-state index in [1.165, 1.54) is 12.1 Å². The van der Waals surface area contributed by atoms with Crippen LogP contribution in [0.5, 0.6) is 5.75 Å². The van der Waals surface area contributed by atoms with Crippen LogP contribution < -0.4 is 9.50 Å². The average Bonchev–Trinajstić information content (AvgIpc) is 3.35. The highest BCUT2D eigenvalue weighted by molar-refractivity contribution is 7.87. The van der Waals surface area contributed by atoms with Crippen LogP contribution in [0.1, 0.15) is 22.5 Å². The number of benzene rings is 3. The molecule has 0 aliphatic rings. The lowest BCUT2D eigenvalue weighted by atomic mass is 10.1. The maximum Gasteiger partial charge on any atom is 0.339 e. The van der Waals surface area contributed by atoms with Gasteiger partial charge < -0.3 is 18.8 Å². The van der Waals surface area contributed by atoms with Gasteiger partial charge in [0.15, 0.2) is 0 Å². The Balaban J connectivity index is 1.48. The molecule has 2 amide bonds. The van der Waals surface area contributed by atoms with Crippen molar-refractivity contribution in [1.29, 1.82) is 0 Å². The van der Waals surface area contributed by atoms with Crippen molar-refractivity contribution in [3.63, 3.8) is 0 Å². The van der Waals surface area contributed by atoms with Gasteiger partial charge in [-0.3, -0.25) is 0 Å². The first-order chi connectivity index (χ1) is 17.2. The summed E-state index contributed by atoms with van der Waals surface area (Å²) in [6, 6.07) is 19.8. The van der Waals surface area contributed by atoms with Crippen LogP contribution in [0.2, 0.25) is 0 Å². The van der Waals surface area contributed by atoms with Gasteiger partial charge in [0.1, 0.15) is 22.2 Å². The number of amides is 2. The number of halogens is 1. The Hall–Kier alpha value is -4.11. The number of nitrogens with one attached hydrogen (secondary N) is 1. The van der Waals surface area contributed by atoms with E-state index in [4.69, 9.17) is 8.60 Å². The third-order valence-electron chi connectivity index (χ3n) is 5.44. The van der Waals surface area contributed by atoms with Crippen LogP contribution in [0.25, 0.3) is 0 Å². The molecule has 1 aromatic heterocycles. The number of carbonyl (C=O) groups is 1. The quantitative estimate of drug-likeness (QED) is 0.293. The largest absolute Gasteiger partial charge is 0.467 e. The molecule has 0 spiro atoms. The van der Waals surface area contributed by atoms with Crippen molar-refractivity contribution < 1.29 is 26.2 Å². The van der Waals surface area contributed by atoms with Gasteiger partial charge in [-0.15, -0.1) is 0 Å². The first-order valence-electron chi connectivity index (χ1n) is 11.1. The van der Waals surface area contributed by atoms with Crippen LogP contribution in [-0.4, -0.2) is 19.3 Å². The van der Waals surface area contributed by atoms with Crippen LogP contribution in [0, 0.1) is 19.7 Å². The topological polar surface area (TPSA) is 88.9 Å². The molecule has 7 nitrogen and oxygen atoms in total. The van der Waals surface area contributed by atoms with Gasteiger partial charge in [-0.2, -0.15) is 8.42 Å². The summed E-state index contributed by atoms with van der Waals surface area (Å²) >= 11 is 0. The predicted octanol–water partition coefficient (Wildman–Crippen LogP) is 6.04. The molecule has 186 valence electrons. The second-order valence-corrected chi connectivity index (χ2v) is 9.87. The highest BCUT2D eigenvalue weighted by atomic mass is 32.2. The van der Waals surface area contributed by atoms with Gasteiger partial charge in [-0.25, -0.2) is 9.18 Å². The lowest BCUT2D eigenvalue weighted by molar-refractivity contribution is 0.201. The second-order valence-electron chi connectivity index (χ2n) is 8.32. The van der Waals surface area contributed by atoms with Crippen molar-refractivity contribution in [1.82, 2.24) is 4.90 Å². The van der Waals surface area contributed by atoms with E-state index in [1.807, 2.05) is 32.0 Å². The van der Waals surface area contributed by atoms with Crippen molar-refractivity contribution in [3.05, 3.63) is 113 Å². The summed E-state index contributed by atoms with van der Waals surface area (Å²) in [5.41, 5.74) is 3.51. The Morgan fingerprint density at radius 2 is 1.69 bits per heavy atom. The van der Waals surface area contributed by atoms with E-state index in [-0.39, 0.29) is 29.8 Å². The predicted molar refractivity (Wildman–Crippen MR) is 134 cm³/mol. The van der Waals surface area contributed by atoms with Gasteiger partial charge >= 0.3 is 16.1 Å². The summed E-state index contributed by atoms with van der Waals surface area (Å²) in [4.78, 5) is 14.6. The molecule has 0 unspecified atom stereocenters. The fraction of sp³-hybridized carbons (Fsp3) is 0.148. The average molecular weight is 509 g/mol. The van der Waals surface area contributed by atoms with E-state index in [1.54, 1.807) is 35.4 Å². The van der Waals surface area contributed by atoms with Gasteiger partial charge in [0, 0.05) is 12.2 Å². The molecular weight excluding hydrogens is 483 g/mol. The number of furan rings is 1. The molecule has 0 saturated heterocycles. The van der Waals surface area contributed by atoms with Crippen LogP contribution in [0.4, 0.5) is 14.9 Å². The number of hydrogen-bond acceptors (Lipinski definition) is 5. The zero-order chi connectivity index (χ0) is 25.7. The summed E-state index contributed by atoms with van der Waals surface area (Å²) in [5.74, 6) is 0.176. The molecule has 9 heteroatoms. The summed E-state index contributed by atoms with van der Waals surface area (Å²) in [7, 11) is -4.11. The van der Waals surface area contributed by atoms with Gasteiger partial charge in [0.2, 0.25) is 0 Å². The molecule has 1 heterocycles. The van der Waals surface area contributed by atoms with E-state index in [0.29, 0.717) is 11.4 Å². The Kier molecular flexibility index (Phi) is 7.40. The number of aryl methyl sites for hydroxylation is 2. The van der Waals surface area contributed by atoms with E-state index < -0.39 is 15.9 Å². The van der Waals surface area contributed by atoms with Crippen molar-refractivity contribution >= 4 is 21.8 Å². The van der Waals surface area contributed by atoms with Crippen LogP contribution in [0.3, 0.4) is 0 Å². The SMILES string of the molecule is Cc1ccc(NC(=O)N(Cc2ccc(OS(=O)(=O)c3ccc(F)cc3)cc2)Cc2ccco2)c(C)c1. The summed E-state index contributed by atoms with van der Waals surface area (Å²) in [6.45, 7) is 4.39. The lowest BCUT2D eigenvalue weighted by Crippen LogP contribution is -2.34. The molecule has 3 aromatic carbocycles. The molecule has 4 aromatic rings. The Bertz CT molecular complexity index is 1430. The number of hydrogen-bond donors (Lipinski definition) is 1. The maximum atomic E-state index is 13.2. The lowest BCUT2D eigenvalue weighted by Gasteiger charge is -2.23. The highest BCUT2D eigenvalue weighted by Gasteiger charge is 2.19. The van der Waals surface area contributed by atoms with Crippen LogP contribution in [-0.2, 0) is 23.2 Å². The Labute approximate surface area is 209 Å². The third kappa shape index (κ3) is 6.31. The summed E-state index contributed by atoms with van der Waals surface area (Å²) < 4.78 is 48.6. The van der Waals surface area contributed by atoms with E-state index in [0.717, 1.165) is 41.0 Å². The Morgan fingerprint density at radius 1 is 0.972 bits per heavy atom. The molecule has 0 atom stereocenters. The molecule has 4 rings (SSSR count). The van der Waals surface area contributed by atoms with Gasteiger partial charge in [0.05, 0.1) is 12.8 Å². The zero-order valence-corrected chi connectivity index (χ0v) is 20.6. The number of rotatable bonds is 8. The summed E-state index contributed by atoms with van der Waals surface area (Å²) in [6.07, 6.45) is 1.54. The fourth-order valence-electron chi connectivity index (χ4n) is 3.59. The molecule has 0 bridgehead atoms. The van der Waals surface area contributed by atoms with Crippen molar-refractivity contribution in [2.24, 2.45) is 0 Å². The second kappa shape index (κ2) is 10.7. The van der Waals surface area contributed by atoms with Gasteiger partial charge in [-0.1, -0.05) is 29.8 Å². The standard InChI is InChI=1S/C27H25FN2O5S/c1-19-5-14-26(20(2)16-19)29-27(31)30(18-24-4-3-15-34-24)17-21-6-10-23(11-7-21)35-36(32,33)25-12-8-22(28)9-13-25/h3-16H,17-18H2,1-2H3,(H,29,31). The molecule has 0 radical (unpaired) electrons. The summed E-state index contributed by atoms with van der Waals surface area (Å²) in [5, 5.41) is 2.95. The van der Waals surface area contributed by atoms with E-state index in [9.17, 15) is 17.6 Å². The minimum atomic E-state index is -4.11. The van der Waals surface area contributed by atoms with E-state index in [2.05, 4.69) is 5.32 Å². The molecule has 0 saturated carbocycles. The highest BCUT2D eigenvalue weighted by Crippen LogP contribution is 2.22. The van der Waals surface area contributed by atoms with Gasteiger partial charge in [-0.05, 0) is 79.6 Å². The maximum absolute atomic E-state index is 13.2. The zero-order valence-electron chi connectivity index (χ0n) is 19.8. The van der Waals surface area contributed by atoms with Crippen molar-refractivity contribution in [3.8, 4) is 5.75 Å². The molecule has 1 N–H and O–H groups in total. The monoisotopic (exact) mass is 508 g/mol. The third-order valence-corrected chi connectivity index (χ3v) is 6.70. The van der Waals surface area contributed by atoms with E-state index >= 15 is 0 Å². The minimum Gasteiger partial charge on any atom is -0.467 e. The van der Waals surface area contributed by atoms with Crippen LogP contribution >= 0.6 is 0 Å². The molecular formula is C27H25FN2O5S. The number of carbonyl (C=O) groups excluding carboxylic acids is 1. The molecule has 0 aliphatic heterocycles. The first-order valence-corrected chi connectivity index (χ1v) is 12.5. The minimum absolute atomic E-state index is 0.0976. The Morgan fingerprint density at radius 3 is 2.33 bits per heavy atom. The van der Waals surface area contributed by atoms with Gasteiger partial charge in [0.25, 0.3) is 0 Å². The first kappa shape index (κ1) is 25.0. The number of urea groups is 1. The molecule has 36 heavy (non-hydrogen) atoms. The normalized spacial score (nSPS) is 11.2. The number of nitrogens with zero attached hydrogens (tertiary/aromatic N) is 1. The van der Waals surface area contributed by atoms with Crippen LogP contribution in [0.15, 0.2) is 94.4 Å².